The Balaban J connectivity index is 1.59. The Bertz CT molecular complexity index is 915. The number of amides is 2. The van der Waals surface area contributed by atoms with Gasteiger partial charge in [-0.15, -0.1) is 0 Å². The molecule has 0 saturated heterocycles. The summed E-state index contributed by atoms with van der Waals surface area (Å²) < 4.78 is 15.8. The van der Waals surface area contributed by atoms with Gasteiger partial charge in [-0.1, -0.05) is 18.2 Å². The van der Waals surface area contributed by atoms with Gasteiger partial charge in [-0.3, -0.25) is 9.59 Å². The van der Waals surface area contributed by atoms with Gasteiger partial charge in [0.05, 0.1) is 20.8 Å². The van der Waals surface area contributed by atoms with Crippen LogP contribution in [0.15, 0.2) is 52.9 Å². The molecule has 0 atom stereocenters. The number of nitrogens with one attached hydrogen (secondary N) is 2. The van der Waals surface area contributed by atoms with Crippen LogP contribution in [-0.2, 0) is 4.79 Å². The molecule has 1 aromatic heterocycles. The number of hydrogen-bond donors (Lipinski definition) is 2. The quantitative estimate of drug-likeness (QED) is 0.710. The topological polar surface area (TPSA) is 89.8 Å². The van der Waals surface area contributed by atoms with Gasteiger partial charge in [-0.2, -0.15) is 0 Å². The first kappa shape index (κ1) is 17.3. The van der Waals surface area contributed by atoms with Gasteiger partial charge in [-0.25, -0.2) is 0 Å². The average molecular weight is 354 g/mol. The Morgan fingerprint density at radius 3 is 2.50 bits per heavy atom. The van der Waals surface area contributed by atoms with Crippen LogP contribution < -0.4 is 20.1 Å². The molecule has 3 rings (SSSR count). The van der Waals surface area contributed by atoms with E-state index in [1.807, 2.05) is 18.2 Å². The molecule has 7 nitrogen and oxygen atoms in total. The van der Waals surface area contributed by atoms with E-state index in [1.165, 1.54) is 14.2 Å². The molecule has 0 spiro atoms. The van der Waals surface area contributed by atoms with E-state index in [1.54, 1.807) is 30.3 Å². The molecule has 3 aromatic rings. The van der Waals surface area contributed by atoms with E-state index >= 15 is 0 Å². The molecule has 2 N–H and O–H groups in total. The first-order valence-electron chi connectivity index (χ1n) is 7.89. The summed E-state index contributed by atoms with van der Waals surface area (Å²) >= 11 is 0. The van der Waals surface area contributed by atoms with Crippen molar-refractivity contribution in [2.75, 3.05) is 26.1 Å². The van der Waals surface area contributed by atoms with Crippen molar-refractivity contribution in [1.29, 1.82) is 0 Å². The van der Waals surface area contributed by atoms with Crippen molar-refractivity contribution in [3.8, 4) is 11.5 Å². The van der Waals surface area contributed by atoms with Crippen molar-refractivity contribution in [3.05, 3.63) is 54.3 Å². The molecule has 0 aliphatic carbocycles. The van der Waals surface area contributed by atoms with E-state index in [0.717, 1.165) is 5.39 Å². The number of rotatable bonds is 6. The number of anilines is 1. The average Bonchev–Trinajstić information content (AvgIpc) is 3.10. The SMILES string of the molecule is COc1ccc(NC(=O)CNC(=O)c2cc3ccccc3o2)cc1OC. The molecule has 26 heavy (non-hydrogen) atoms. The van der Waals surface area contributed by atoms with Crippen LogP contribution in [0.25, 0.3) is 11.0 Å². The zero-order chi connectivity index (χ0) is 18.5. The molecule has 2 aromatic carbocycles. The third-order valence-corrected chi connectivity index (χ3v) is 3.73. The Hall–Kier alpha value is -3.48. The summed E-state index contributed by atoms with van der Waals surface area (Å²) in [6.45, 7) is -0.190. The normalized spacial score (nSPS) is 10.4. The second-order valence-corrected chi connectivity index (χ2v) is 5.45. The van der Waals surface area contributed by atoms with E-state index in [0.29, 0.717) is 22.8 Å². The molecular formula is C19H18N2O5. The lowest BCUT2D eigenvalue weighted by molar-refractivity contribution is -0.115. The van der Waals surface area contributed by atoms with Crippen LogP contribution in [-0.4, -0.2) is 32.6 Å². The van der Waals surface area contributed by atoms with Crippen molar-refractivity contribution in [1.82, 2.24) is 5.32 Å². The second kappa shape index (κ2) is 7.60. The van der Waals surface area contributed by atoms with Crippen molar-refractivity contribution in [3.63, 3.8) is 0 Å². The van der Waals surface area contributed by atoms with Crippen LogP contribution in [0.5, 0.6) is 11.5 Å². The van der Waals surface area contributed by atoms with Gasteiger partial charge in [0.1, 0.15) is 5.58 Å². The second-order valence-electron chi connectivity index (χ2n) is 5.45. The van der Waals surface area contributed by atoms with E-state index in [-0.39, 0.29) is 18.2 Å². The third kappa shape index (κ3) is 3.77. The molecule has 0 saturated carbocycles. The number of ether oxygens (including phenoxy) is 2. The van der Waals surface area contributed by atoms with Gasteiger partial charge in [0.25, 0.3) is 5.91 Å². The minimum Gasteiger partial charge on any atom is -0.493 e. The largest absolute Gasteiger partial charge is 0.493 e. The number of carbonyl (C=O) groups excluding carboxylic acids is 2. The number of hydrogen-bond acceptors (Lipinski definition) is 5. The third-order valence-electron chi connectivity index (χ3n) is 3.73. The molecule has 0 bridgehead atoms. The number of methoxy groups -OCH3 is 2. The molecule has 0 aliphatic heterocycles. The zero-order valence-corrected chi connectivity index (χ0v) is 14.4. The van der Waals surface area contributed by atoms with Gasteiger partial charge in [-0.05, 0) is 24.3 Å². The lowest BCUT2D eigenvalue weighted by Crippen LogP contribution is -2.32. The monoisotopic (exact) mass is 354 g/mol. The fourth-order valence-electron chi connectivity index (χ4n) is 2.46. The Morgan fingerprint density at radius 1 is 1.00 bits per heavy atom. The summed E-state index contributed by atoms with van der Waals surface area (Å²) in [4.78, 5) is 24.2. The van der Waals surface area contributed by atoms with Crippen molar-refractivity contribution in [2.24, 2.45) is 0 Å². The molecule has 2 amide bonds. The van der Waals surface area contributed by atoms with E-state index in [9.17, 15) is 9.59 Å². The number of furan rings is 1. The molecule has 7 heteroatoms. The molecule has 0 aliphatic rings. The lowest BCUT2D eigenvalue weighted by atomic mass is 10.2. The van der Waals surface area contributed by atoms with E-state index in [4.69, 9.17) is 13.9 Å². The first-order chi connectivity index (χ1) is 12.6. The summed E-state index contributed by atoms with van der Waals surface area (Å²) in [6.07, 6.45) is 0. The van der Waals surface area contributed by atoms with Crippen molar-refractivity contribution >= 4 is 28.5 Å². The highest BCUT2D eigenvalue weighted by molar-refractivity contribution is 6.00. The van der Waals surface area contributed by atoms with Crippen molar-refractivity contribution in [2.45, 2.75) is 0 Å². The highest BCUT2D eigenvalue weighted by Crippen LogP contribution is 2.29. The fourth-order valence-corrected chi connectivity index (χ4v) is 2.46. The van der Waals surface area contributed by atoms with Gasteiger partial charge in [0, 0.05) is 17.1 Å². The summed E-state index contributed by atoms with van der Waals surface area (Å²) in [6, 6.07) is 13.9. The predicted molar refractivity (Wildman–Crippen MR) is 96.7 cm³/mol. The standard InChI is InChI=1S/C19H18N2O5/c1-24-15-8-7-13(10-16(15)25-2)21-18(22)11-20-19(23)17-9-12-5-3-4-6-14(12)26-17/h3-10H,11H2,1-2H3,(H,20,23)(H,21,22). The van der Waals surface area contributed by atoms with Crippen LogP contribution in [0.4, 0.5) is 5.69 Å². The molecule has 0 radical (unpaired) electrons. The first-order valence-corrected chi connectivity index (χ1v) is 7.89. The number of para-hydroxylation sites is 1. The molecule has 134 valence electrons. The van der Waals surface area contributed by atoms with Crippen molar-refractivity contribution < 1.29 is 23.5 Å². The minimum absolute atomic E-state index is 0.158. The molecule has 1 heterocycles. The summed E-state index contributed by atoms with van der Waals surface area (Å²) in [5, 5.41) is 6.04. The minimum atomic E-state index is -0.455. The van der Waals surface area contributed by atoms with E-state index in [2.05, 4.69) is 10.6 Å². The Labute approximate surface area is 149 Å². The smallest absolute Gasteiger partial charge is 0.287 e. The highest BCUT2D eigenvalue weighted by atomic mass is 16.5. The molecular weight excluding hydrogens is 336 g/mol. The fraction of sp³-hybridized carbons (Fsp3) is 0.158. The maximum absolute atomic E-state index is 12.1. The van der Waals surface area contributed by atoms with Crippen LogP contribution in [0.1, 0.15) is 10.6 Å². The maximum Gasteiger partial charge on any atom is 0.287 e. The maximum atomic E-state index is 12.1. The molecule has 0 unspecified atom stereocenters. The Morgan fingerprint density at radius 2 is 1.77 bits per heavy atom. The van der Waals surface area contributed by atoms with Gasteiger partial charge in [0.2, 0.25) is 5.91 Å². The lowest BCUT2D eigenvalue weighted by Gasteiger charge is -2.10. The van der Waals surface area contributed by atoms with Crippen LogP contribution in [0.3, 0.4) is 0 Å². The number of carbonyl (C=O) groups is 2. The van der Waals surface area contributed by atoms with E-state index < -0.39 is 5.91 Å². The number of fused-ring (bicyclic) bond motifs is 1. The van der Waals surface area contributed by atoms with Gasteiger partial charge in [0.15, 0.2) is 17.3 Å². The summed E-state index contributed by atoms with van der Waals surface area (Å²) in [5.41, 5.74) is 1.15. The zero-order valence-electron chi connectivity index (χ0n) is 14.4. The van der Waals surface area contributed by atoms with Gasteiger partial charge >= 0.3 is 0 Å². The Kier molecular flexibility index (Phi) is 5.07. The summed E-state index contributed by atoms with van der Waals surface area (Å²) in [5.74, 6) is 0.385. The highest BCUT2D eigenvalue weighted by Gasteiger charge is 2.14. The molecule has 0 fully saturated rings. The number of benzene rings is 2. The van der Waals surface area contributed by atoms with Crippen LogP contribution in [0, 0.1) is 0 Å². The van der Waals surface area contributed by atoms with Crippen LogP contribution in [0.2, 0.25) is 0 Å². The predicted octanol–water partition coefficient (Wildman–Crippen LogP) is 2.82. The van der Waals surface area contributed by atoms with Crippen LogP contribution >= 0.6 is 0 Å². The van der Waals surface area contributed by atoms with Gasteiger partial charge < -0.3 is 24.5 Å². The summed E-state index contributed by atoms with van der Waals surface area (Å²) in [7, 11) is 3.04.